The molecule has 17 heavy (non-hydrogen) atoms. The second-order valence-electron chi connectivity index (χ2n) is 4.62. The number of nitrogens with zero attached hydrogens (tertiary/aromatic N) is 1. The number of aromatic nitrogens is 1. The summed E-state index contributed by atoms with van der Waals surface area (Å²) in [6.07, 6.45) is 5.36. The maximum Gasteiger partial charge on any atom is 0.154 e. The lowest BCUT2D eigenvalue weighted by molar-refractivity contribution is 0.404. The Kier molecular flexibility index (Phi) is 4.12. The number of nitrogens with one attached hydrogen (secondary N) is 1. The fraction of sp³-hybridized carbons (Fsp3) is 0.583. The molecular weight excluding hydrogens is 236 g/mol. The van der Waals surface area contributed by atoms with Crippen LogP contribution in [0.2, 0.25) is 0 Å². The Labute approximate surface area is 102 Å². The van der Waals surface area contributed by atoms with Gasteiger partial charge in [0, 0.05) is 12.4 Å². The predicted molar refractivity (Wildman–Crippen MR) is 67.3 cm³/mol. The van der Waals surface area contributed by atoms with E-state index < -0.39 is 9.84 Å². The Balaban J connectivity index is 1.94. The minimum absolute atomic E-state index is 0.131. The van der Waals surface area contributed by atoms with Gasteiger partial charge in [-0.2, -0.15) is 0 Å². The minimum atomic E-state index is -3.00. The number of hydrogen-bond acceptors (Lipinski definition) is 4. The van der Waals surface area contributed by atoms with Gasteiger partial charge in [-0.05, 0) is 49.5 Å². The maximum atomic E-state index is 12.0. The topological polar surface area (TPSA) is 59.1 Å². The third-order valence-corrected chi connectivity index (χ3v) is 4.78. The van der Waals surface area contributed by atoms with Gasteiger partial charge in [0.1, 0.15) is 0 Å². The molecule has 0 amide bonds. The Hall–Kier alpha value is -0.940. The van der Waals surface area contributed by atoms with Crippen molar-refractivity contribution < 1.29 is 8.42 Å². The molecule has 1 fully saturated rings. The highest BCUT2D eigenvalue weighted by molar-refractivity contribution is 7.90. The molecule has 0 aromatic carbocycles. The van der Waals surface area contributed by atoms with Gasteiger partial charge in [0.15, 0.2) is 9.84 Å². The molecular formula is C12H18N2O2S. The van der Waals surface area contributed by atoms with Crippen LogP contribution < -0.4 is 5.32 Å². The molecule has 1 aromatic heterocycles. The molecule has 2 heterocycles. The van der Waals surface area contributed by atoms with Crippen molar-refractivity contribution in [3.05, 3.63) is 30.1 Å². The van der Waals surface area contributed by atoms with Crippen LogP contribution in [0.5, 0.6) is 0 Å². The van der Waals surface area contributed by atoms with Gasteiger partial charge in [0.05, 0.1) is 11.5 Å². The van der Waals surface area contributed by atoms with Crippen LogP contribution in [-0.4, -0.2) is 32.2 Å². The average molecular weight is 254 g/mol. The Morgan fingerprint density at radius 3 is 2.76 bits per heavy atom. The van der Waals surface area contributed by atoms with Gasteiger partial charge in [0.25, 0.3) is 0 Å². The zero-order chi connectivity index (χ0) is 12.1. The highest BCUT2D eigenvalue weighted by Gasteiger charge is 2.21. The molecule has 0 radical (unpaired) electrons. The van der Waals surface area contributed by atoms with Gasteiger partial charge in [0.2, 0.25) is 0 Å². The fourth-order valence-electron chi connectivity index (χ4n) is 2.22. The van der Waals surface area contributed by atoms with Crippen molar-refractivity contribution in [3.8, 4) is 0 Å². The van der Waals surface area contributed by atoms with Crippen molar-refractivity contribution >= 4 is 9.84 Å². The van der Waals surface area contributed by atoms with Gasteiger partial charge in [-0.1, -0.05) is 0 Å². The first-order chi connectivity index (χ1) is 8.16. The Morgan fingerprint density at radius 2 is 2.12 bits per heavy atom. The van der Waals surface area contributed by atoms with Crippen LogP contribution in [0, 0.1) is 5.92 Å². The summed E-state index contributed by atoms with van der Waals surface area (Å²) in [4.78, 5) is 3.89. The monoisotopic (exact) mass is 254 g/mol. The molecule has 2 rings (SSSR count). The molecule has 1 saturated heterocycles. The van der Waals surface area contributed by atoms with Crippen LogP contribution in [0.15, 0.2) is 24.5 Å². The molecule has 1 N–H and O–H groups in total. The van der Waals surface area contributed by atoms with E-state index in [2.05, 4.69) is 10.3 Å². The van der Waals surface area contributed by atoms with Crippen molar-refractivity contribution in [1.82, 2.24) is 10.3 Å². The van der Waals surface area contributed by atoms with Crippen molar-refractivity contribution in [1.29, 1.82) is 0 Å². The molecule has 5 heteroatoms. The van der Waals surface area contributed by atoms with Gasteiger partial charge in [-0.25, -0.2) is 8.42 Å². The van der Waals surface area contributed by atoms with Crippen LogP contribution in [0.1, 0.15) is 18.4 Å². The van der Waals surface area contributed by atoms with Crippen molar-refractivity contribution in [3.63, 3.8) is 0 Å². The first kappa shape index (κ1) is 12.5. The Bertz CT molecular complexity index is 439. The molecule has 0 saturated carbocycles. The predicted octanol–water partition coefficient (Wildman–Crippen LogP) is 0.996. The first-order valence-electron chi connectivity index (χ1n) is 5.96. The maximum absolute atomic E-state index is 12.0. The normalized spacial score (nSPS) is 21.3. The Morgan fingerprint density at radius 1 is 1.35 bits per heavy atom. The quantitative estimate of drug-likeness (QED) is 0.870. The van der Waals surface area contributed by atoms with E-state index >= 15 is 0 Å². The number of rotatable bonds is 4. The van der Waals surface area contributed by atoms with E-state index in [4.69, 9.17) is 0 Å². The third kappa shape index (κ3) is 4.09. The summed E-state index contributed by atoms with van der Waals surface area (Å²) in [6, 6.07) is 3.52. The lowest BCUT2D eigenvalue weighted by Crippen LogP contribution is -2.34. The number of piperidine rings is 1. The summed E-state index contributed by atoms with van der Waals surface area (Å²) in [5, 5.41) is 3.25. The molecule has 1 atom stereocenters. The van der Waals surface area contributed by atoms with E-state index in [0.29, 0.717) is 5.75 Å². The van der Waals surface area contributed by atoms with E-state index in [-0.39, 0.29) is 11.7 Å². The fourth-order valence-corrected chi connectivity index (χ4v) is 4.04. The number of pyridine rings is 1. The SMILES string of the molecule is O=S(=O)(Cc1ccncc1)C[C@@H]1CCCNC1. The van der Waals surface area contributed by atoms with Crippen LogP contribution in [0.4, 0.5) is 0 Å². The minimum Gasteiger partial charge on any atom is -0.316 e. The second kappa shape index (κ2) is 5.60. The zero-order valence-electron chi connectivity index (χ0n) is 9.80. The van der Waals surface area contributed by atoms with Gasteiger partial charge >= 0.3 is 0 Å². The van der Waals surface area contributed by atoms with Gasteiger partial charge < -0.3 is 5.32 Å². The van der Waals surface area contributed by atoms with Gasteiger partial charge in [-0.3, -0.25) is 4.98 Å². The zero-order valence-corrected chi connectivity index (χ0v) is 10.6. The molecule has 1 aromatic rings. The summed E-state index contributed by atoms with van der Waals surface area (Å²) in [5.41, 5.74) is 0.823. The summed E-state index contributed by atoms with van der Waals surface area (Å²) in [5.74, 6) is 0.699. The van der Waals surface area contributed by atoms with Crippen molar-refractivity contribution in [2.24, 2.45) is 5.92 Å². The molecule has 1 aliphatic rings. The molecule has 0 unspecified atom stereocenters. The molecule has 1 aliphatic heterocycles. The third-order valence-electron chi connectivity index (χ3n) is 3.02. The molecule has 0 spiro atoms. The van der Waals surface area contributed by atoms with Crippen LogP contribution in [0.25, 0.3) is 0 Å². The highest BCUT2D eigenvalue weighted by Crippen LogP contribution is 2.15. The lowest BCUT2D eigenvalue weighted by atomic mass is 10.0. The lowest BCUT2D eigenvalue weighted by Gasteiger charge is -2.22. The van der Waals surface area contributed by atoms with E-state index in [0.717, 1.165) is 31.5 Å². The van der Waals surface area contributed by atoms with E-state index in [9.17, 15) is 8.42 Å². The number of hydrogen-bond donors (Lipinski definition) is 1. The molecule has 4 nitrogen and oxygen atoms in total. The van der Waals surface area contributed by atoms with Crippen LogP contribution in [0.3, 0.4) is 0 Å². The standard InChI is InChI=1S/C12H18N2O2S/c15-17(16,9-11-3-6-13-7-4-11)10-12-2-1-5-14-8-12/h3-4,6-7,12,14H,1-2,5,8-10H2/t12-/m1/s1. The molecule has 94 valence electrons. The highest BCUT2D eigenvalue weighted by atomic mass is 32.2. The molecule has 0 aliphatic carbocycles. The first-order valence-corrected chi connectivity index (χ1v) is 7.78. The van der Waals surface area contributed by atoms with Crippen molar-refractivity contribution in [2.75, 3.05) is 18.8 Å². The van der Waals surface area contributed by atoms with Crippen LogP contribution in [-0.2, 0) is 15.6 Å². The van der Waals surface area contributed by atoms with E-state index in [1.807, 2.05) is 0 Å². The summed E-state index contributed by atoms with van der Waals surface area (Å²) < 4.78 is 24.0. The smallest absolute Gasteiger partial charge is 0.154 e. The van der Waals surface area contributed by atoms with Gasteiger partial charge in [-0.15, -0.1) is 0 Å². The second-order valence-corrected chi connectivity index (χ2v) is 6.73. The molecule has 0 bridgehead atoms. The average Bonchev–Trinajstić information content (AvgIpc) is 2.30. The summed E-state index contributed by atoms with van der Waals surface area (Å²) >= 11 is 0. The van der Waals surface area contributed by atoms with E-state index in [1.54, 1.807) is 24.5 Å². The van der Waals surface area contributed by atoms with E-state index in [1.165, 1.54) is 0 Å². The largest absolute Gasteiger partial charge is 0.316 e. The summed E-state index contributed by atoms with van der Waals surface area (Å²) in [7, 11) is -3.00. The summed E-state index contributed by atoms with van der Waals surface area (Å²) in [6.45, 7) is 1.84. The number of sulfone groups is 1. The van der Waals surface area contributed by atoms with Crippen LogP contribution >= 0.6 is 0 Å². The van der Waals surface area contributed by atoms with Crippen molar-refractivity contribution in [2.45, 2.75) is 18.6 Å².